The Morgan fingerprint density at radius 3 is 2.88 bits per heavy atom. The molecule has 0 amide bonds. The van der Waals surface area contributed by atoms with Gasteiger partial charge in [0.1, 0.15) is 5.78 Å². The lowest BCUT2D eigenvalue weighted by molar-refractivity contribution is -0.119. The first-order valence-corrected chi connectivity index (χ1v) is 6.21. The second-order valence-corrected chi connectivity index (χ2v) is 4.46. The van der Waals surface area contributed by atoms with Crippen LogP contribution in [0, 0.1) is 0 Å². The lowest BCUT2D eigenvalue weighted by atomic mass is 10.1. The molecule has 0 saturated carbocycles. The van der Waals surface area contributed by atoms with E-state index in [2.05, 4.69) is 20.9 Å². The molecule has 1 aromatic rings. The molecule has 4 heteroatoms. The molecule has 0 atom stereocenters. The van der Waals surface area contributed by atoms with E-state index in [-0.39, 0.29) is 5.78 Å². The van der Waals surface area contributed by atoms with Gasteiger partial charge in [-0.1, -0.05) is 6.92 Å². The van der Waals surface area contributed by atoms with E-state index in [1.165, 1.54) is 0 Å². The number of carbonyl (C=O) groups excluding carboxylic acids is 1. The highest BCUT2D eigenvalue weighted by Gasteiger charge is 2.04. The van der Waals surface area contributed by atoms with Gasteiger partial charge in [-0.15, -0.1) is 0 Å². The smallest absolute Gasteiger partial charge is 0.141 e. The van der Waals surface area contributed by atoms with Gasteiger partial charge in [-0.2, -0.15) is 0 Å². The molecular weight excluding hydrogens is 270 g/mol. The number of Topliss-reactive ketones (excluding diaryl/α,β-unsaturated/α-hetero) is 1. The molecule has 16 heavy (non-hydrogen) atoms. The Kier molecular flexibility index (Phi) is 6.26. The number of rotatable bonds is 7. The largest absolute Gasteiger partial charge is 0.381 e. The number of halogens is 1. The molecule has 3 nitrogen and oxygen atoms in total. The minimum atomic E-state index is 0.172. The number of aromatic nitrogens is 1. The minimum absolute atomic E-state index is 0.172. The zero-order valence-electron chi connectivity index (χ0n) is 9.41. The molecule has 0 fully saturated rings. The van der Waals surface area contributed by atoms with Gasteiger partial charge in [-0.25, -0.2) is 0 Å². The third-order valence-corrected chi connectivity index (χ3v) is 2.51. The summed E-state index contributed by atoms with van der Waals surface area (Å²) in [6.07, 6.45) is 3.55. The van der Waals surface area contributed by atoms with Crippen molar-refractivity contribution in [2.24, 2.45) is 0 Å². The Hall–Kier alpha value is -0.740. The molecule has 0 aliphatic heterocycles. The SMILES string of the molecule is CCCOCCC(=O)Cc1ccc(Br)cn1. The third-order valence-electron chi connectivity index (χ3n) is 2.04. The molecule has 88 valence electrons. The van der Waals surface area contributed by atoms with Gasteiger partial charge in [0.25, 0.3) is 0 Å². The van der Waals surface area contributed by atoms with E-state index in [4.69, 9.17) is 4.74 Å². The summed E-state index contributed by atoms with van der Waals surface area (Å²) in [5, 5.41) is 0. The van der Waals surface area contributed by atoms with Crippen LogP contribution in [-0.4, -0.2) is 24.0 Å². The Balaban J connectivity index is 2.26. The van der Waals surface area contributed by atoms with E-state index in [1.807, 2.05) is 19.1 Å². The highest BCUT2D eigenvalue weighted by Crippen LogP contribution is 2.08. The summed E-state index contributed by atoms with van der Waals surface area (Å²) in [4.78, 5) is 15.7. The van der Waals surface area contributed by atoms with E-state index in [9.17, 15) is 4.79 Å². The average molecular weight is 286 g/mol. The van der Waals surface area contributed by atoms with E-state index in [0.29, 0.717) is 19.4 Å². The van der Waals surface area contributed by atoms with Crippen LogP contribution in [0.5, 0.6) is 0 Å². The first kappa shape index (κ1) is 13.3. The molecule has 1 aromatic heterocycles. The maximum atomic E-state index is 11.5. The summed E-state index contributed by atoms with van der Waals surface area (Å²) in [5.41, 5.74) is 0.809. The fourth-order valence-corrected chi connectivity index (χ4v) is 1.47. The van der Waals surface area contributed by atoms with Gasteiger partial charge in [0.2, 0.25) is 0 Å². The molecule has 1 heterocycles. The number of hydrogen-bond acceptors (Lipinski definition) is 3. The molecule has 0 radical (unpaired) electrons. The van der Waals surface area contributed by atoms with Crippen LogP contribution in [0.4, 0.5) is 0 Å². The van der Waals surface area contributed by atoms with Crippen LogP contribution >= 0.6 is 15.9 Å². The summed E-state index contributed by atoms with van der Waals surface area (Å²) in [6, 6.07) is 3.75. The number of ether oxygens (including phenoxy) is 1. The Bertz CT molecular complexity index is 324. The number of carbonyl (C=O) groups is 1. The third kappa shape index (κ3) is 5.37. The maximum Gasteiger partial charge on any atom is 0.141 e. The van der Waals surface area contributed by atoms with E-state index < -0.39 is 0 Å². The summed E-state index contributed by atoms with van der Waals surface area (Å²) >= 11 is 3.30. The Labute approximate surface area is 104 Å². The predicted octanol–water partition coefficient (Wildman–Crippen LogP) is 2.77. The highest BCUT2D eigenvalue weighted by atomic mass is 79.9. The van der Waals surface area contributed by atoms with Crippen LogP contribution in [0.2, 0.25) is 0 Å². The van der Waals surface area contributed by atoms with Gasteiger partial charge in [-0.3, -0.25) is 9.78 Å². The molecule has 0 saturated heterocycles. The number of pyridine rings is 1. The van der Waals surface area contributed by atoms with Crippen LogP contribution in [0.15, 0.2) is 22.8 Å². The monoisotopic (exact) mass is 285 g/mol. The summed E-state index contributed by atoms with van der Waals surface area (Å²) in [7, 11) is 0. The second-order valence-electron chi connectivity index (χ2n) is 3.55. The molecular formula is C12H16BrNO2. The van der Waals surface area contributed by atoms with Gasteiger partial charge < -0.3 is 4.74 Å². The van der Waals surface area contributed by atoms with Crippen LogP contribution in [0.1, 0.15) is 25.5 Å². The topological polar surface area (TPSA) is 39.2 Å². The Morgan fingerprint density at radius 2 is 2.25 bits per heavy atom. The van der Waals surface area contributed by atoms with Crippen molar-refractivity contribution in [2.75, 3.05) is 13.2 Å². The van der Waals surface area contributed by atoms with Crippen molar-refractivity contribution in [3.63, 3.8) is 0 Å². The van der Waals surface area contributed by atoms with Gasteiger partial charge >= 0.3 is 0 Å². The fourth-order valence-electron chi connectivity index (χ4n) is 1.23. The van der Waals surface area contributed by atoms with Crippen molar-refractivity contribution >= 4 is 21.7 Å². The van der Waals surface area contributed by atoms with Gasteiger partial charge in [-0.05, 0) is 34.5 Å². The number of hydrogen-bond donors (Lipinski definition) is 0. The summed E-state index contributed by atoms with van der Waals surface area (Å²) < 4.78 is 6.19. The standard InChI is InChI=1S/C12H16BrNO2/c1-2-6-16-7-5-12(15)8-11-4-3-10(13)9-14-11/h3-4,9H,2,5-8H2,1H3. The first-order chi connectivity index (χ1) is 7.72. The molecule has 0 N–H and O–H groups in total. The lowest BCUT2D eigenvalue weighted by Crippen LogP contribution is -2.08. The Morgan fingerprint density at radius 1 is 1.44 bits per heavy atom. The zero-order chi connectivity index (χ0) is 11.8. The van der Waals surface area contributed by atoms with Crippen LogP contribution in [-0.2, 0) is 16.0 Å². The van der Waals surface area contributed by atoms with Gasteiger partial charge in [0.05, 0.1) is 6.61 Å². The molecule has 0 aliphatic carbocycles. The van der Waals surface area contributed by atoms with Gasteiger partial charge in [0, 0.05) is 35.8 Å². The summed E-state index contributed by atoms with van der Waals surface area (Å²) in [6.45, 7) is 3.29. The van der Waals surface area contributed by atoms with Crippen molar-refractivity contribution in [3.05, 3.63) is 28.5 Å². The van der Waals surface area contributed by atoms with Crippen LogP contribution in [0.3, 0.4) is 0 Å². The lowest BCUT2D eigenvalue weighted by Gasteiger charge is -2.02. The summed E-state index contributed by atoms with van der Waals surface area (Å²) in [5.74, 6) is 0.172. The van der Waals surface area contributed by atoms with E-state index >= 15 is 0 Å². The van der Waals surface area contributed by atoms with Crippen LogP contribution < -0.4 is 0 Å². The zero-order valence-corrected chi connectivity index (χ0v) is 11.0. The van der Waals surface area contributed by atoms with Crippen molar-refractivity contribution in [1.82, 2.24) is 4.98 Å². The second kappa shape index (κ2) is 7.52. The first-order valence-electron chi connectivity index (χ1n) is 5.42. The molecule has 0 bridgehead atoms. The van der Waals surface area contributed by atoms with Crippen molar-refractivity contribution in [1.29, 1.82) is 0 Å². The van der Waals surface area contributed by atoms with Crippen molar-refractivity contribution in [3.8, 4) is 0 Å². The van der Waals surface area contributed by atoms with E-state index in [0.717, 1.165) is 23.2 Å². The highest BCUT2D eigenvalue weighted by molar-refractivity contribution is 9.10. The fraction of sp³-hybridized carbons (Fsp3) is 0.500. The molecule has 0 unspecified atom stereocenters. The van der Waals surface area contributed by atoms with Gasteiger partial charge in [0.15, 0.2) is 0 Å². The van der Waals surface area contributed by atoms with Crippen molar-refractivity contribution in [2.45, 2.75) is 26.2 Å². The minimum Gasteiger partial charge on any atom is -0.381 e. The van der Waals surface area contributed by atoms with Crippen molar-refractivity contribution < 1.29 is 9.53 Å². The quantitative estimate of drug-likeness (QED) is 0.723. The van der Waals surface area contributed by atoms with Crippen LogP contribution in [0.25, 0.3) is 0 Å². The van der Waals surface area contributed by atoms with E-state index in [1.54, 1.807) is 6.20 Å². The molecule has 0 spiro atoms. The maximum absolute atomic E-state index is 11.5. The number of nitrogens with zero attached hydrogens (tertiary/aromatic N) is 1. The average Bonchev–Trinajstić information content (AvgIpc) is 2.28. The molecule has 1 rings (SSSR count). The number of ketones is 1. The predicted molar refractivity (Wildman–Crippen MR) is 66.4 cm³/mol. The molecule has 0 aliphatic rings. The molecule has 0 aromatic carbocycles. The normalized spacial score (nSPS) is 10.4.